The molecule has 108 valence electrons. The van der Waals surface area contributed by atoms with Crippen LogP contribution in [0.15, 0.2) is 48.5 Å². The van der Waals surface area contributed by atoms with Gasteiger partial charge in [0.15, 0.2) is 0 Å². The molecule has 2 aromatic rings. The highest BCUT2D eigenvalue weighted by Crippen LogP contribution is 2.33. The summed E-state index contributed by atoms with van der Waals surface area (Å²) in [5.74, 6) is 1.54. The summed E-state index contributed by atoms with van der Waals surface area (Å²) in [5.41, 5.74) is 2.12. The zero-order valence-corrected chi connectivity index (χ0v) is 12.5. The van der Waals surface area contributed by atoms with Crippen LogP contribution in [0, 0.1) is 11.3 Å². The lowest BCUT2D eigenvalue weighted by molar-refractivity contribution is 0.414. The Morgan fingerprint density at radius 2 is 1.24 bits per heavy atom. The highest BCUT2D eigenvalue weighted by molar-refractivity contribution is 5.37. The second kappa shape index (κ2) is 6.81. The Morgan fingerprint density at radius 3 is 1.62 bits per heavy atom. The van der Waals surface area contributed by atoms with Gasteiger partial charge in [0, 0.05) is 5.92 Å². The molecule has 0 aliphatic rings. The fourth-order valence-corrected chi connectivity index (χ4v) is 2.39. The van der Waals surface area contributed by atoms with E-state index in [1.54, 1.807) is 14.2 Å². The van der Waals surface area contributed by atoms with Crippen LogP contribution in [0.25, 0.3) is 0 Å². The molecule has 2 rings (SSSR count). The smallest absolute Gasteiger partial charge is 0.118 e. The molecular formula is C18H19NO2. The van der Waals surface area contributed by atoms with Gasteiger partial charge in [-0.05, 0) is 35.4 Å². The zero-order valence-electron chi connectivity index (χ0n) is 12.5. The van der Waals surface area contributed by atoms with Gasteiger partial charge in [-0.2, -0.15) is 5.26 Å². The summed E-state index contributed by atoms with van der Waals surface area (Å²) >= 11 is 0. The molecule has 0 amide bonds. The maximum absolute atomic E-state index is 9.53. The zero-order chi connectivity index (χ0) is 15.2. The van der Waals surface area contributed by atoms with Crippen LogP contribution in [-0.2, 0) is 0 Å². The highest BCUT2D eigenvalue weighted by atomic mass is 16.5. The van der Waals surface area contributed by atoms with Gasteiger partial charge in [0.05, 0.1) is 26.2 Å². The number of nitriles is 1. The van der Waals surface area contributed by atoms with E-state index in [2.05, 4.69) is 13.0 Å². The molecule has 0 spiro atoms. The van der Waals surface area contributed by atoms with Crippen LogP contribution in [0.1, 0.15) is 29.9 Å². The molecule has 0 aliphatic heterocycles. The third kappa shape index (κ3) is 3.35. The largest absolute Gasteiger partial charge is 0.497 e. The third-order valence-electron chi connectivity index (χ3n) is 3.76. The lowest BCUT2D eigenvalue weighted by atomic mass is 9.83. The maximum Gasteiger partial charge on any atom is 0.118 e. The summed E-state index contributed by atoms with van der Waals surface area (Å²) in [5, 5.41) is 9.53. The molecule has 0 radical (unpaired) electrons. The lowest BCUT2D eigenvalue weighted by Crippen LogP contribution is -2.06. The Balaban J connectivity index is 2.24. The molecular weight excluding hydrogens is 262 g/mol. The van der Waals surface area contributed by atoms with E-state index < -0.39 is 0 Å². The second-order valence-corrected chi connectivity index (χ2v) is 4.94. The van der Waals surface area contributed by atoms with Gasteiger partial charge in [0.2, 0.25) is 0 Å². The van der Waals surface area contributed by atoms with Crippen LogP contribution in [0.3, 0.4) is 0 Å². The van der Waals surface area contributed by atoms with Crippen molar-refractivity contribution in [1.29, 1.82) is 5.26 Å². The Morgan fingerprint density at radius 1 is 0.810 bits per heavy atom. The number of hydrogen-bond donors (Lipinski definition) is 0. The van der Waals surface area contributed by atoms with Crippen molar-refractivity contribution in [2.75, 3.05) is 14.2 Å². The molecule has 0 fully saturated rings. The van der Waals surface area contributed by atoms with Crippen molar-refractivity contribution in [3.05, 3.63) is 59.7 Å². The molecule has 0 saturated carbocycles. The van der Waals surface area contributed by atoms with Gasteiger partial charge in [0.25, 0.3) is 0 Å². The number of nitrogens with zero attached hydrogens (tertiary/aromatic N) is 1. The van der Waals surface area contributed by atoms with Gasteiger partial charge < -0.3 is 9.47 Å². The highest BCUT2D eigenvalue weighted by Gasteiger charge is 2.20. The molecule has 0 saturated heterocycles. The third-order valence-corrected chi connectivity index (χ3v) is 3.76. The van der Waals surface area contributed by atoms with Crippen LogP contribution in [0.2, 0.25) is 0 Å². The van der Waals surface area contributed by atoms with E-state index in [1.165, 1.54) is 0 Å². The molecule has 0 N–H and O–H groups in total. The lowest BCUT2D eigenvalue weighted by Gasteiger charge is -2.19. The van der Waals surface area contributed by atoms with E-state index in [9.17, 15) is 5.26 Å². The fraction of sp³-hybridized carbons (Fsp3) is 0.278. The molecule has 0 heterocycles. The standard InChI is InChI=1S/C18H19NO2/c1-13(14-4-8-16(20-2)9-5-14)18(12-19)15-6-10-17(21-3)11-7-15/h4-11,13,18H,1-3H3/t13-,18-/m1/s1. The second-order valence-electron chi connectivity index (χ2n) is 4.94. The van der Waals surface area contributed by atoms with Crippen molar-refractivity contribution in [3.63, 3.8) is 0 Å². The number of ether oxygens (including phenoxy) is 2. The van der Waals surface area contributed by atoms with Crippen molar-refractivity contribution < 1.29 is 9.47 Å². The van der Waals surface area contributed by atoms with Crippen molar-refractivity contribution in [2.24, 2.45) is 0 Å². The SMILES string of the molecule is COc1ccc([C@@H](C)[C@@H](C#N)c2ccc(OC)cc2)cc1. The van der Waals surface area contributed by atoms with Gasteiger partial charge in [-0.3, -0.25) is 0 Å². The Kier molecular flexibility index (Phi) is 4.84. The monoisotopic (exact) mass is 281 g/mol. The first-order chi connectivity index (χ1) is 10.2. The van der Waals surface area contributed by atoms with Gasteiger partial charge in [-0.15, -0.1) is 0 Å². The first-order valence-electron chi connectivity index (χ1n) is 6.87. The van der Waals surface area contributed by atoms with Crippen molar-refractivity contribution in [1.82, 2.24) is 0 Å². The normalized spacial score (nSPS) is 13.0. The first-order valence-corrected chi connectivity index (χ1v) is 6.87. The van der Waals surface area contributed by atoms with E-state index in [0.29, 0.717) is 0 Å². The minimum absolute atomic E-state index is 0.106. The average Bonchev–Trinajstić information content (AvgIpc) is 2.56. The van der Waals surface area contributed by atoms with Gasteiger partial charge >= 0.3 is 0 Å². The Hall–Kier alpha value is -2.47. The van der Waals surface area contributed by atoms with E-state index in [4.69, 9.17) is 9.47 Å². The molecule has 2 atom stereocenters. The van der Waals surface area contributed by atoms with Gasteiger partial charge in [-0.1, -0.05) is 31.2 Å². The van der Waals surface area contributed by atoms with Crippen LogP contribution in [-0.4, -0.2) is 14.2 Å². The molecule has 3 heteroatoms. The predicted molar refractivity (Wildman–Crippen MR) is 82.8 cm³/mol. The Labute approximate surface area is 125 Å². The van der Waals surface area contributed by atoms with Crippen LogP contribution >= 0.6 is 0 Å². The molecule has 0 unspecified atom stereocenters. The van der Waals surface area contributed by atoms with E-state index in [1.807, 2.05) is 48.5 Å². The van der Waals surface area contributed by atoms with Gasteiger partial charge in [0.1, 0.15) is 11.5 Å². The molecule has 21 heavy (non-hydrogen) atoms. The fourth-order valence-electron chi connectivity index (χ4n) is 2.39. The summed E-state index contributed by atoms with van der Waals surface area (Å²) in [6, 6.07) is 18.0. The molecule has 0 aromatic heterocycles. The molecule has 0 aliphatic carbocycles. The van der Waals surface area contributed by atoms with Crippen molar-refractivity contribution in [2.45, 2.75) is 18.8 Å². The Bertz CT molecular complexity index is 611. The summed E-state index contributed by atoms with van der Waals surface area (Å²) in [4.78, 5) is 0. The maximum atomic E-state index is 9.53. The minimum atomic E-state index is -0.190. The number of methoxy groups -OCH3 is 2. The summed E-state index contributed by atoms with van der Waals surface area (Å²) in [7, 11) is 3.28. The topological polar surface area (TPSA) is 42.2 Å². The molecule has 3 nitrogen and oxygen atoms in total. The quantitative estimate of drug-likeness (QED) is 0.828. The first kappa shape index (κ1) is 14.9. The molecule has 2 aromatic carbocycles. The van der Waals surface area contributed by atoms with E-state index in [-0.39, 0.29) is 11.8 Å². The van der Waals surface area contributed by atoms with Crippen LogP contribution in [0.5, 0.6) is 11.5 Å². The van der Waals surface area contributed by atoms with Crippen molar-refractivity contribution in [3.8, 4) is 17.6 Å². The number of hydrogen-bond acceptors (Lipinski definition) is 3. The minimum Gasteiger partial charge on any atom is -0.497 e. The molecule has 0 bridgehead atoms. The summed E-state index contributed by atoms with van der Waals surface area (Å²) < 4.78 is 10.3. The van der Waals surface area contributed by atoms with E-state index in [0.717, 1.165) is 22.6 Å². The van der Waals surface area contributed by atoms with Gasteiger partial charge in [-0.25, -0.2) is 0 Å². The number of rotatable bonds is 5. The van der Waals surface area contributed by atoms with Crippen LogP contribution < -0.4 is 9.47 Å². The van der Waals surface area contributed by atoms with Crippen LogP contribution in [0.4, 0.5) is 0 Å². The van der Waals surface area contributed by atoms with Crippen molar-refractivity contribution >= 4 is 0 Å². The number of benzene rings is 2. The van der Waals surface area contributed by atoms with E-state index >= 15 is 0 Å². The average molecular weight is 281 g/mol. The predicted octanol–water partition coefficient (Wildman–Crippen LogP) is 4.11. The summed E-state index contributed by atoms with van der Waals surface area (Å²) in [6.07, 6.45) is 0. The summed E-state index contributed by atoms with van der Waals surface area (Å²) in [6.45, 7) is 2.07.